The Morgan fingerprint density at radius 1 is 1.57 bits per heavy atom. The summed E-state index contributed by atoms with van der Waals surface area (Å²) in [5, 5.41) is 0. The van der Waals surface area contributed by atoms with E-state index in [1.807, 2.05) is 4.89 Å². The fourth-order valence-electron chi connectivity index (χ4n) is 0.690. The second-order valence-electron chi connectivity index (χ2n) is 2.21. The molecule has 0 radical (unpaired) electrons. The fraction of sp³-hybridized carbons (Fsp3) is 0.333. The maximum absolute atomic E-state index is 11.5. The van der Waals surface area contributed by atoms with Crippen LogP contribution in [-0.2, 0) is 14.9 Å². The van der Waals surface area contributed by atoms with E-state index in [9.17, 15) is 8.42 Å². The molecule has 0 aromatic carbocycles. The highest BCUT2D eigenvalue weighted by molar-refractivity contribution is 7.89. The third-order valence-corrected chi connectivity index (χ3v) is 4.20. The lowest BCUT2D eigenvalue weighted by molar-refractivity contribution is 0.105. The van der Waals surface area contributed by atoms with Gasteiger partial charge in [0.2, 0.25) is 0 Å². The molecule has 14 heavy (non-hydrogen) atoms. The van der Waals surface area contributed by atoms with Crippen LogP contribution in [0.3, 0.4) is 0 Å². The largest absolute Gasteiger partial charge is 0.287 e. The molecular weight excluding hydrogens is 269 g/mol. The maximum Gasteiger partial charge on any atom is 0.264 e. The van der Waals surface area contributed by atoms with Gasteiger partial charge in [0.15, 0.2) is 0 Å². The highest BCUT2D eigenvalue weighted by Gasteiger charge is 2.20. The number of hydrogen-bond donors (Lipinski definition) is 1. The van der Waals surface area contributed by atoms with Crippen LogP contribution in [0.1, 0.15) is 6.92 Å². The minimum absolute atomic E-state index is 0.0670. The van der Waals surface area contributed by atoms with E-state index in [4.69, 9.17) is 23.2 Å². The molecule has 80 valence electrons. The lowest BCUT2D eigenvalue weighted by Crippen LogP contribution is -2.23. The molecule has 0 saturated carbocycles. The zero-order chi connectivity index (χ0) is 10.8. The topological polar surface area (TPSA) is 55.4 Å². The zero-order valence-electron chi connectivity index (χ0n) is 7.08. The Labute approximate surface area is 95.8 Å². The molecule has 0 aliphatic heterocycles. The molecule has 4 nitrogen and oxygen atoms in total. The van der Waals surface area contributed by atoms with Crippen LogP contribution in [0.5, 0.6) is 0 Å². The lowest BCUT2D eigenvalue weighted by atomic mass is 10.7. The summed E-state index contributed by atoms with van der Waals surface area (Å²) in [6.07, 6.45) is 0. The van der Waals surface area contributed by atoms with Crippen LogP contribution in [0, 0.1) is 0 Å². The highest BCUT2D eigenvalue weighted by atomic mass is 35.5. The Hall–Kier alpha value is 0.150. The van der Waals surface area contributed by atoms with Gasteiger partial charge in [-0.1, -0.05) is 28.1 Å². The number of nitrogens with one attached hydrogen (secondary N) is 1. The van der Waals surface area contributed by atoms with Gasteiger partial charge in [0.1, 0.15) is 9.23 Å². The lowest BCUT2D eigenvalue weighted by Gasteiger charge is -2.03. The minimum atomic E-state index is -3.71. The molecule has 1 aromatic rings. The first-order valence-corrected chi connectivity index (χ1v) is 6.61. The van der Waals surface area contributed by atoms with Crippen LogP contribution in [0.15, 0.2) is 11.0 Å². The van der Waals surface area contributed by atoms with E-state index in [0.29, 0.717) is 4.34 Å². The first-order valence-electron chi connectivity index (χ1n) is 3.56. The van der Waals surface area contributed by atoms with Crippen LogP contribution in [0.2, 0.25) is 8.67 Å². The average Bonchev–Trinajstić information content (AvgIpc) is 2.42. The smallest absolute Gasteiger partial charge is 0.264 e. The highest BCUT2D eigenvalue weighted by Crippen LogP contribution is 2.33. The molecule has 0 spiro atoms. The number of sulfonamides is 1. The summed E-state index contributed by atoms with van der Waals surface area (Å²) in [4.78, 5) is 6.43. The van der Waals surface area contributed by atoms with Gasteiger partial charge in [0, 0.05) is 0 Å². The quantitative estimate of drug-likeness (QED) is 0.858. The number of rotatable bonds is 4. The molecular formula is C6H7Cl2NO3S2. The summed E-state index contributed by atoms with van der Waals surface area (Å²) in [6, 6.07) is 1.27. The van der Waals surface area contributed by atoms with Gasteiger partial charge in [-0.2, -0.15) is 0 Å². The molecule has 0 amide bonds. The predicted molar refractivity (Wildman–Crippen MR) is 56.3 cm³/mol. The third kappa shape index (κ3) is 2.82. The SMILES string of the molecule is CCONS(=O)(=O)c1cc(Cl)sc1Cl. The second kappa shape index (κ2) is 4.78. The van der Waals surface area contributed by atoms with E-state index in [0.717, 1.165) is 11.3 Å². The molecule has 0 aliphatic carbocycles. The molecule has 0 aliphatic rings. The van der Waals surface area contributed by atoms with Crippen molar-refractivity contribution >= 4 is 44.6 Å². The molecule has 1 rings (SSSR count). The number of thiophene rings is 1. The maximum atomic E-state index is 11.5. The molecule has 0 bridgehead atoms. The van der Waals surface area contributed by atoms with Crippen molar-refractivity contribution in [2.24, 2.45) is 0 Å². The van der Waals surface area contributed by atoms with Crippen molar-refractivity contribution in [1.82, 2.24) is 4.89 Å². The van der Waals surface area contributed by atoms with Crippen molar-refractivity contribution in [3.8, 4) is 0 Å². The third-order valence-electron chi connectivity index (χ3n) is 1.23. The minimum Gasteiger partial charge on any atom is -0.287 e. The predicted octanol–water partition coefficient (Wildman–Crippen LogP) is 2.28. The average molecular weight is 276 g/mol. The summed E-state index contributed by atoms with van der Waals surface area (Å²) in [7, 11) is -3.71. The van der Waals surface area contributed by atoms with Gasteiger partial charge < -0.3 is 0 Å². The standard InChI is InChI=1S/C6H7Cl2NO3S2/c1-2-12-9-14(10,11)4-3-5(7)13-6(4)8/h3,9H,2H2,1H3. The Bertz CT molecular complexity index is 415. The van der Waals surface area contributed by atoms with Crippen molar-refractivity contribution in [3.63, 3.8) is 0 Å². The summed E-state index contributed by atoms with van der Waals surface area (Å²) in [6.45, 7) is 1.89. The summed E-state index contributed by atoms with van der Waals surface area (Å²) < 4.78 is 23.3. The van der Waals surface area contributed by atoms with Gasteiger partial charge in [-0.25, -0.2) is 8.42 Å². The summed E-state index contributed by atoms with van der Waals surface area (Å²) in [5.41, 5.74) is 0. The van der Waals surface area contributed by atoms with Crippen molar-refractivity contribution in [2.45, 2.75) is 11.8 Å². The van der Waals surface area contributed by atoms with Crippen molar-refractivity contribution < 1.29 is 13.3 Å². The Morgan fingerprint density at radius 2 is 2.21 bits per heavy atom. The van der Waals surface area contributed by atoms with E-state index in [-0.39, 0.29) is 15.8 Å². The van der Waals surface area contributed by atoms with Crippen molar-refractivity contribution in [1.29, 1.82) is 0 Å². The van der Waals surface area contributed by atoms with E-state index in [1.54, 1.807) is 6.92 Å². The van der Waals surface area contributed by atoms with Gasteiger partial charge in [-0.3, -0.25) is 4.84 Å². The van der Waals surface area contributed by atoms with Gasteiger partial charge in [-0.15, -0.1) is 11.3 Å². The molecule has 8 heteroatoms. The first kappa shape index (κ1) is 12.2. The van der Waals surface area contributed by atoms with Crippen LogP contribution >= 0.6 is 34.5 Å². The summed E-state index contributed by atoms with van der Waals surface area (Å²) in [5.74, 6) is 0. The van der Waals surface area contributed by atoms with Crippen LogP contribution in [-0.4, -0.2) is 15.0 Å². The van der Waals surface area contributed by atoms with Gasteiger partial charge in [0.05, 0.1) is 10.9 Å². The Morgan fingerprint density at radius 3 is 2.64 bits per heavy atom. The Kier molecular flexibility index (Phi) is 4.17. The number of hydrogen-bond acceptors (Lipinski definition) is 4. The normalized spacial score (nSPS) is 11.9. The Balaban J connectivity index is 2.98. The fourth-order valence-corrected chi connectivity index (χ4v) is 3.71. The van der Waals surface area contributed by atoms with Crippen molar-refractivity contribution in [2.75, 3.05) is 6.61 Å². The molecule has 0 fully saturated rings. The molecule has 1 N–H and O–H groups in total. The molecule has 0 unspecified atom stereocenters. The molecule has 0 saturated heterocycles. The molecule has 1 aromatic heterocycles. The van der Waals surface area contributed by atoms with Gasteiger partial charge in [-0.05, 0) is 13.0 Å². The number of halogens is 2. The van der Waals surface area contributed by atoms with Crippen LogP contribution < -0.4 is 4.89 Å². The van der Waals surface area contributed by atoms with Crippen LogP contribution in [0.4, 0.5) is 0 Å². The van der Waals surface area contributed by atoms with Gasteiger partial charge in [0.25, 0.3) is 10.0 Å². The molecule has 0 atom stereocenters. The van der Waals surface area contributed by atoms with E-state index < -0.39 is 10.0 Å². The summed E-state index contributed by atoms with van der Waals surface area (Å²) >= 11 is 12.3. The zero-order valence-corrected chi connectivity index (χ0v) is 10.2. The van der Waals surface area contributed by atoms with Crippen molar-refractivity contribution in [3.05, 3.63) is 14.7 Å². The van der Waals surface area contributed by atoms with E-state index in [1.165, 1.54) is 6.07 Å². The van der Waals surface area contributed by atoms with E-state index in [2.05, 4.69) is 4.84 Å². The monoisotopic (exact) mass is 275 g/mol. The second-order valence-corrected chi connectivity index (χ2v) is 6.11. The van der Waals surface area contributed by atoms with Gasteiger partial charge >= 0.3 is 0 Å². The molecule has 1 heterocycles. The van der Waals surface area contributed by atoms with E-state index >= 15 is 0 Å². The van der Waals surface area contributed by atoms with Crippen LogP contribution in [0.25, 0.3) is 0 Å². The first-order chi connectivity index (χ1) is 6.47.